The lowest BCUT2D eigenvalue weighted by Crippen LogP contribution is -2.24. The van der Waals surface area contributed by atoms with E-state index in [0.29, 0.717) is 21.4 Å². The molecule has 0 saturated heterocycles. The highest BCUT2D eigenvalue weighted by atomic mass is 35.5. The van der Waals surface area contributed by atoms with Crippen molar-refractivity contribution in [2.45, 2.75) is 11.8 Å². The molecule has 0 amide bonds. The Morgan fingerprint density at radius 1 is 1.04 bits per heavy atom. The summed E-state index contributed by atoms with van der Waals surface area (Å²) in [6, 6.07) is 12.2. The molecule has 0 fully saturated rings. The summed E-state index contributed by atoms with van der Waals surface area (Å²) in [5.41, 5.74) is 2.04. The molecule has 8 heteroatoms. The first-order valence-corrected chi connectivity index (χ1v) is 9.29. The minimum atomic E-state index is -3.51. The number of benzene rings is 2. The second kappa shape index (κ2) is 7.48. The monoisotopic (exact) mass is 383 g/mol. The van der Waals surface area contributed by atoms with Gasteiger partial charge in [-0.25, -0.2) is 12.7 Å². The van der Waals surface area contributed by atoms with Gasteiger partial charge in [0, 0.05) is 30.5 Å². The fourth-order valence-corrected chi connectivity index (χ4v) is 3.49. The van der Waals surface area contributed by atoms with Crippen molar-refractivity contribution in [1.29, 1.82) is 0 Å². The van der Waals surface area contributed by atoms with E-state index in [9.17, 15) is 8.42 Å². The van der Waals surface area contributed by atoms with Crippen molar-refractivity contribution in [2.75, 3.05) is 24.7 Å². The number of thiocarbonyl (C=S) groups is 1. The first-order chi connectivity index (χ1) is 11.2. The molecular formula is C16H18ClN3O2S2. The molecule has 0 radical (unpaired) electrons. The summed E-state index contributed by atoms with van der Waals surface area (Å²) in [7, 11) is -0.511. The number of hydrogen-bond acceptors (Lipinski definition) is 3. The van der Waals surface area contributed by atoms with E-state index in [-0.39, 0.29) is 4.90 Å². The van der Waals surface area contributed by atoms with E-state index in [0.717, 1.165) is 5.69 Å². The summed E-state index contributed by atoms with van der Waals surface area (Å²) >= 11 is 11.1. The van der Waals surface area contributed by atoms with Gasteiger partial charge >= 0.3 is 0 Å². The Kier molecular flexibility index (Phi) is 5.82. The van der Waals surface area contributed by atoms with Crippen LogP contribution in [0.2, 0.25) is 5.02 Å². The fraction of sp³-hybridized carbons (Fsp3) is 0.188. The van der Waals surface area contributed by atoms with Gasteiger partial charge in [-0.05, 0) is 61.1 Å². The maximum Gasteiger partial charge on any atom is 0.242 e. The summed E-state index contributed by atoms with van der Waals surface area (Å²) in [5, 5.41) is 6.99. The first-order valence-electron chi connectivity index (χ1n) is 7.07. The van der Waals surface area contributed by atoms with Crippen LogP contribution in [0.1, 0.15) is 5.56 Å². The van der Waals surface area contributed by atoms with E-state index in [1.54, 1.807) is 49.4 Å². The Balaban J connectivity index is 2.18. The topological polar surface area (TPSA) is 61.4 Å². The molecule has 0 aliphatic carbocycles. The standard InChI is InChI=1S/C16H18ClN3O2S2/c1-11-4-7-14(10-15(11)24(21,22)20(2)3)19-16(23)18-13-8-5-12(17)6-9-13/h4-10H,1-3H3,(H2,18,19,23). The van der Waals surface area contributed by atoms with Gasteiger partial charge in [-0.15, -0.1) is 0 Å². The largest absolute Gasteiger partial charge is 0.332 e. The lowest BCUT2D eigenvalue weighted by atomic mass is 10.2. The van der Waals surface area contributed by atoms with Crippen LogP contribution >= 0.6 is 23.8 Å². The zero-order chi connectivity index (χ0) is 17.9. The minimum Gasteiger partial charge on any atom is -0.332 e. The normalized spacial score (nSPS) is 11.4. The van der Waals surface area contributed by atoms with Gasteiger partial charge in [-0.2, -0.15) is 0 Å². The first kappa shape index (κ1) is 18.7. The minimum absolute atomic E-state index is 0.242. The SMILES string of the molecule is Cc1ccc(NC(=S)Nc2ccc(Cl)cc2)cc1S(=O)(=O)N(C)C. The van der Waals surface area contributed by atoms with Crippen LogP contribution in [0.5, 0.6) is 0 Å². The van der Waals surface area contributed by atoms with Crippen LogP contribution < -0.4 is 10.6 Å². The molecule has 0 aliphatic heterocycles. The van der Waals surface area contributed by atoms with E-state index in [1.807, 2.05) is 0 Å². The number of anilines is 2. The molecule has 0 atom stereocenters. The average molecular weight is 384 g/mol. The van der Waals surface area contributed by atoms with Crippen molar-refractivity contribution in [3.05, 3.63) is 53.1 Å². The molecule has 24 heavy (non-hydrogen) atoms. The lowest BCUT2D eigenvalue weighted by molar-refractivity contribution is 0.520. The number of rotatable bonds is 4. The highest BCUT2D eigenvalue weighted by Gasteiger charge is 2.20. The summed E-state index contributed by atoms with van der Waals surface area (Å²) in [4.78, 5) is 0.242. The average Bonchev–Trinajstić information content (AvgIpc) is 2.51. The molecule has 0 bridgehead atoms. The number of nitrogens with zero attached hydrogens (tertiary/aromatic N) is 1. The molecule has 128 valence electrons. The predicted octanol–water partition coefficient (Wildman–Crippen LogP) is 3.71. The van der Waals surface area contributed by atoms with Gasteiger partial charge in [-0.3, -0.25) is 0 Å². The quantitative estimate of drug-likeness (QED) is 0.788. The zero-order valence-electron chi connectivity index (χ0n) is 13.5. The molecule has 5 nitrogen and oxygen atoms in total. The number of aryl methyl sites for hydroxylation is 1. The van der Waals surface area contributed by atoms with Gasteiger partial charge in [0.15, 0.2) is 5.11 Å². The third-order valence-corrected chi connectivity index (χ3v) is 5.72. The summed E-state index contributed by atoms with van der Waals surface area (Å²) in [5.74, 6) is 0. The molecule has 0 unspecified atom stereocenters. The highest BCUT2D eigenvalue weighted by molar-refractivity contribution is 7.89. The summed E-state index contributed by atoms with van der Waals surface area (Å²) in [6.45, 7) is 1.75. The van der Waals surface area contributed by atoms with Crippen LogP contribution in [0.15, 0.2) is 47.4 Å². The van der Waals surface area contributed by atoms with Crippen molar-refractivity contribution in [3.8, 4) is 0 Å². The molecule has 2 aromatic rings. The zero-order valence-corrected chi connectivity index (χ0v) is 15.9. The van der Waals surface area contributed by atoms with Crippen molar-refractivity contribution < 1.29 is 8.42 Å². The lowest BCUT2D eigenvalue weighted by Gasteiger charge is -2.16. The molecule has 0 spiro atoms. The van der Waals surface area contributed by atoms with Gasteiger partial charge in [0.1, 0.15) is 0 Å². The maximum atomic E-state index is 12.4. The van der Waals surface area contributed by atoms with E-state index >= 15 is 0 Å². The van der Waals surface area contributed by atoms with E-state index in [1.165, 1.54) is 18.4 Å². The van der Waals surface area contributed by atoms with Crippen LogP contribution in [0.3, 0.4) is 0 Å². The Hall–Kier alpha value is -1.67. The van der Waals surface area contributed by atoms with Crippen LogP contribution in [0.4, 0.5) is 11.4 Å². The second-order valence-electron chi connectivity index (χ2n) is 5.35. The van der Waals surface area contributed by atoms with Crippen LogP contribution in [-0.2, 0) is 10.0 Å². The number of sulfonamides is 1. The van der Waals surface area contributed by atoms with Crippen molar-refractivity contribution in [2.24, 2.45) is 0 Å². The molecule has 0 saturated carbocycles. The molecule has 2 N–H and O–H groups in total. The van der Waals surface area contributed by atoms with Gasteiger partial charge in [0.05, 0.1) is 4.90 Å². The van der Waals surface area contributed by atoms with Gasteiger partial charge in [0.25, 0.3) is 0 Å². The van der Waals surface area contributed by atoms with E-state index in [2.05, 4.69) is 10.6 Å². The van der Waals surface area contributed by atoms with Crippen LogP contribution in [-0.4, -0.2) is 31.9 Å². The van der Waals surface area contributed by atoms with Gasteiger partial charge in [0.2, 0.25) is 10.0 Å². The second-order valence-corrected chi connectivity index (χ2v) is 8.32. The number of hydrogen-bond donors (Lipinski definition) is 2. The molecular weight excluding hydrogens is 366 g/mol. The third-order valence-electron chi connectivity index (χ3n) is 3.31. The van der Waals surface area contributed by atoms with E-state index in [4.69, 9.17) is 23.8 Å². The summed E-state index contributed by atoms with van der Waals surface area (Å²) < 4.78 is 25.9. The smallest absolute Gasteiger partial charge is 0.242 e. The molecule has 0 aliphatic rings. The van der Waals surface area contributed by atoms with Crippen LogP contribution in [0.25, 0.3) is 0 Å². The van der Waals surface area contributed by atoms with Crippen LogP contribution in [0, 0.1) is 6.92 Å². The molecule has 0 heterocycles. The molecule has 2 aromatic carbocycles. The van der Waals surface area contributed by atoms with Crippen molar-refractivity contribution in [1.82, 2.24) is 4.31 Å². The Morgan fingerprint density at radius 3 is 2.17 bits per heavy atom. The van der Waals surface area contributed by atoms with E-state index < -0.39 is 10.0 Å². The highest BCUT2D eigenvalue weighted by Crippen LogP contribution is 2.22. The number of halogens is 1. The maximum absolute atomic E-state index is 12.4. The summed E-state index contributed by atoms with van der Waals surface area (Å²) in [6.07, 6.45) is 0. The number of nitrogens with one attached hydrogen (secondary N) is 2. The molecule has 2 rings (SSSR count). The Labute approximate surface area is 152 Å². The van der Waals surface area contributed by atoms with Gasteiger partial charge < -0.3 is 10.6 Å². The van der Waals surface area contributed by atoms with Gasteiger partial charge in [-0.1, -0.05) is 17.7 Å². The Bertz CT molecular complexity index is 850. The Morgan fingerprint density at radius 2 is 1.58 bits per heavy atom. The molecule has 0 aromatic heterocycles. The fourth-order valence-electron chi connectivity index (χ4n) is 1.98. The van der Waals surface area contributed by atoms with Crippen molar-refractivity contribution >= 4 is 50.3 Å². The van der Waals surface area contributed by atoms with Crippen molar-refractivity contribution in [3.63, 3.8) is 0 Å². The third kappa shape index (κ3) is 4.45. The predicted molar refractivity (Wildman–Crippen MR) is 103 cm³/mol.